The van der Waals surface area contributed by atoms with Crippen LogP contribution < -0.4 is 14.8 Å². The lowest BCUT2D eigenvalue weighted by Gasteiger charge is -2.12. The van der Waals surface area contributed by atoms with Crippen molar-refractivity contribution in [1.82, 2.24) is 14.1 Å². The molecule has 8 heteroatoms. The minimum atomic E-state index is -0.694. The van der Waals surface area contributed by atoms with Gasteiger partial charge in [0.2, 0.25) is 6.79 Å². The van der Waals surface area contributed by atoms with Crippen molar-refractivity contribution in [2.45, 2.75) is 12.5 Å². The molecule has 2 N–H and O–H groups in total. The van der Waals surface area contributed by atoms with Gasteiger partial charge in [-0.3, -0.25) is 4.79 Å². The predicted octanol–water partition coefficient (Wildman–Crippen LogP) is 2.27. The van der Waals surface area contributed by atoms with Crippen molar-refractivity contribution >= 4 is 28.7 Å². The fourth-order valence-electron chi connectivity index (χ4n) is 2.63. The zero-order valence-corrected chi connectivity index (χ0v) is 14.0. The van der Waals surface area contributed by atoms with Gasteiger partial charge in [-0.25, -0.2) is 0 Å². The highest BCUT2D eigenvalue weighted by Gasteiger charge is 2.17. The van der Waals surface area contributed by atoms with Crippen LogP contribution in [0.1, 0.15) is 28.4 Å². The van der Waals surface area contributed by atoms with E-state index in [2.05, 4.69) is 14.1 Å². The third-order valence-corrected chi connectivity index (χ3v) is 4.56. The molecule has 1 aliphatic heterocycles. The quantitative estimate of drug-likeness (QED) is 0.728. The summed E-state index contributed by atoms with van der Waals surface area (Å²) < 4.78 is 18.8. The van der Waals surface area contributed by atoms with Crippen LogP contribution in [0.4, 0.5) is 0 Å². The summed E-state index contributed by atoms with van der Waals surface area (Å²) in [6.45, 7) is 0.547. The Morgan fingerprint density at radius 2 is 2.00 bits per heavy atom. The number of benzene rings is 2. The maximum atomic E-state index is 12.2. The van der Waals surface area contributed by atoms with Crippen LogP contribution in [0.5, 0.6) is 11.5 Å². The number of aromatic nitrogens is 2. The molecule has 25 heavy (non-hydrogen) atoms. The van der Waals surface area contributed by atoms with Gasteiger partial charge in [-0.2, -0.15) is 8.75 Å². The topological polar surface area (TPSA) is 93.6 Å². The number of nitrogens with one attached hydrogen (secondary N) is 1. The number of fused-ring (bicyclic) bond motifs is 2. The SMILES string of the molecule is O=C(NCC[C@H](O)c1ccc2c(c1)OCO2)c1ccc2nsnc2c1. The summed E-state index contributed by atoms with van der Waals surface area (Å²) in [6.07, 6.45) is -0.300. The molecule has 128 valence electrons. The molecular formula is C17H15N3O4S. The normalized spacial score (nSPS) is 13.8. The molecule has 0 unspecified atom stereocenters. The second kappa shape index (κ2) is 6.66. The molecule has 1 aromatic heterocycles. The monoisotopic (exact) mass is 357 g/mol. The molecule has 7 nitrogen and oxygen atoms in total. The van der Waals surface area contributed by atoms with E-state index in [9.17, 15) is 9.90 Å². The molecule has 0 spiro atoms. The molecule has 0 aliphatic carbocycles. The maximum Gasteiger partial charge on any atom is 0.251 e. The van der Waals surface area contributed by atoms with Gasteiger partial charge in [-0.05, 0) is 42.3 Å². The first-order chi connectivity index (χ1) is 12.2. The van der Waals surface area contributed by atoms with E-state index in [4.69, 9.17) is 9.47 Å². The average molecular weight is 357 g/mol. The highest BCUT2D eigenvalue weighted by molar-refractivity contribution is 7.00. The summed E-state index contributed by atoms with van der Waals surface area (Å²) in [5.74, 6) is 1.11. The van der Waals surface area contributed by atoms with Gasteiger partial charge in [0.25, 0.3) is 5.91 Å². The lowest BCUT2D eigenvalue weighted by molar-refractivity contribution is 0.0942. The van der Waals surface area contributed by atoms with Crippen LogP contribution in [0.15, 0.2) is 36.4 Å². The van der Waals surface area contributed by atoms with Crippen molar-refractivity contribution in [3.8, 4) is 11.5 Å². The van der Waals surface area contributed by atoms with Crippen molar-refractivity contribution in [3.05, 3.63) is 47.5 Å². The molecule has 3 aromatic rings. The molecule has 2 heterocycles. The molecule has 1 aliphatic rings. The Morgan fingerprint density at radius 1 is 1.16 bits per heavy atom. The third kappa shape index (κ3) is 3.26. The van der Waals surface area contributed by atoms with Gasteiger partial charge in [0.05, 0.1) is 17.8 Å². The van der Waals surface area contributed by atoms with Crippen LogP contribution >= 0.6 is 11.7 Å². The Kier molecular flexibility index (Phi) is 4.21. The van der Waals surface area contributed by atoms with Crippen LogP contribution in [0.3, 0.4) is 0 Å². The van der Waals surface area contributed by atoms with Gasteiger partial charge in [0.15, 0.2) is 11.5 Å². The molecule has 0 saturated heterocycles. The smallest absolute Gasteiger partial charge is 0.251 e. The maximum absolute atomic E-state index is 12.2. The number of ether oxygens (including phenoxy) is 2. The van der Waals surface area contributed by atoms with Gasteiger partial charge in [0.1, 0.15) is 11.0 Å². The van der Waals surface area contributed by atoms with Crippen LogP contribution in [0, 0.1) is 0 Å². The largest absolute Gasteiger partial charge is 0.454 e. The van der Waals surface area contributed by atoms with E-state index in [1.54, 1.807) is 36.4 Å². The number of nitrogens with zero attached hydrogens (tertiary/aromatic N) is 2. The lowest BCUT2D eigenvalue weighted by atomic mass is 10.1. The molecule has 0 bridgehead atoms. The van der Waals surface area contributed by atoms with Gasteiger partial charge in [-0.15, -0.1) is 0 Å². The first-order valence-corrected chi connectivity index (χ1v) is 8.52. The minimum absolute atomic E-state index is 0.198. The van der Waals surface area contributed by atoms with Crippen LogP contribution in [-0.2, 0) is 0 Å². The number of aliphatic hydroxyl groups is 1. The first kappa shape index (κ1) is 15.8. The van der Waals surface area contributed by atoms with Gasteiger partial charge >= 0.3 is 0 Å². The van der Waals surface area contributed by atoms with Crippen molar-refractivity contribution in [1.29, 1.82) is 0 Å². The summed E-state index contributed by atoms with van der Waals surface area (Å²) in [5, 5.41) is 13.1. The number of aliphatic hydroxyl groups excluding tert-OH is 1. The summed E-state index contributed by atoms with van der Waals surface area (Å²) in [6, 6.07) is 10.5. The van der Waals surface area contributed by atoms with E-state index in [-0.39, 0.29) is 12.7 Å². The lowest BCUT2D eigenvalue weighted by Crippen LogP contribution is -2.25. The highest BCUT2D eigenvalue weighted by atomic mass is 32.1. The fourth-order valence-corrected chi connectivity index (χ4v) is 3.15. The van der Waals surface area contributed by atoms with E-state index in [0.717, 1.165) is 22.8 Å². The summed E-state index contributed by atoms with van der Waals surface area (Å²) >= 11 is 1.12. The number of amides is 1. The highest BCUT2D eigenvalue weighted by Crippen LogP contribution is 2.34. The van der Waals surface area contributed by atoms with E-state index in [1.807, 2.05) is 0 Å². The number of carbonyl (C=O) groups is 1. The molecule has 2 aromatic carbocycles. The Balaban J connectivity index is 1.34. The molecular weight excluding hydrogens is 342 g/mol. The Hall–Kier alpha value is -2.71. The van der Waals surface area contributed by atoms with Gasteiger partial charge in [0, 0.05) is 12.1 Å². The third-order valence-electron chi connectivity index (χ3n) is 4.00. The Bertz CT molecular complexity index is 927. The number of hydrogen-bond donors (Lipinski definition) is 2. The standard InChI is InChI=1S/C17H15N3O4S/c21-14(10-2-4-15-16(8-10)24-9-23-15)5-6-18-17(22)11-1-3-12-13(7-11)20-25-19-12/h1-4,7-8,14,21H,5-6,9H2,(H,18,22)/t14-/m0/s1. The van der Waals surface area contributed by atoms with E-state index >= 15 is 0 Å². The van der Waals surface area contributed by atoms with E-state index in [1.165, 1.54) is 0 Å². The van der Waals surface area contributed by atoms with Crippen molar-refractivity contribution < 1.29 is 19.4 Å². The molecule has 1 atom stereocenters. The predicted molar refractivity (Wildman–Crippen MR) is 91.9 cm³/mol. The molecule has 1 amide bonds. The number of carbonyl (C=O) groups excluding carboxylic acids is 1. The van der Waals surface area contributed by atoms with Crippen LogP contribution in [0.25, 0.3) is 11.0 Å². The number of rotatable bonds is 5. The minimum Gasteiger partial charge on any atom is -0.454 e. The van der Waals surface area contributed by atoms with E-state index < -0.39 is 6.10 Å². The van der Waals surface area contributed by atoms with Crippen molar-refractivity contribution in [3.63, 3.8) is 0 Å². The summed E-state index contributed by atoms with van der Waals surface area (Å²) in [4.78, 5) is 12.2. The van der Waals surface area contributed by atoms with Gasteiger partial charge in [-0.1, -0.05) is 6.07 Å². The molecule has 0 saturated carbocycles. The Morgan fingerprint density at radius 3 is 2.92 bits per heavy atom. The molecule has 0 radical (unpaired) electrons. The average Bonchev–Trinajstić information content (AvgIpc) is 3.28. The zero-order valence-electron chi connectivity index (χ0n) is 13.1. The number of hydrogen-bond acceptors (Lipinski definition) is 7. The first-order valence-electron chi connectivity index (χ1n) is 7.79. The second-order valence-electron chi connectivity index (χ2n) is 5.64. The van der Waals surface area contributed by atoms with Crippen molar-refractivity contribution in [2.75, 3.05) is 13.3 Å². The van der Waals surface area contributed by atoms with Crippen LogP contribution in [0.2, 0.25) is 0 Å². The molecule has 0 fully saturated rings. The molecule has 4 rings (SSSR count). The summed E-state index contributed by atoms with van der Waals surface area (Å²) in [7, 11) is 0. The van der Waals surface area contributed by atoms with Crippen LogP contribution in [-0.4, -0.2) is 33.1 Å². The fraction of sp³-hybridized carbons (Fsp3) is 0.235. The van der Waals surface area contributed by atoms with Gasteiger partial charge < -0.3 is 19.9 Å². The second-order valence-corrected chi connectivity index (χ2v) is 6.17. The summed E-state index contributed by atoms with van der Waals surface area (Å²) in [5.41, 5.74) is 2.74. The van der Waals surface area contributed by atoms with E-state index in [0.29, 0.717) is 35.5 Å². The Labute approximate surface area is 147 Å². The van der Waals surface area contributed by atoms with Crippen molar-refractivity contribution in [2.24, 2.45) is 0 Å². The zero-order chi connectivity index (χ0) is 17.2.